The molecule has 0 fully saturated rings. The Morgan fingerprint density at radius 2 is 1.93 bits per heavy atom. The predicted molar refractivity (Wildman–Crippen MR) is 115 cm³/mol. The summed E-state index contributed by atoms with van der Waals surface area (Å²) in [6.45, 7) is 10.0. The maximum atomic E-state index is 13.3. The summed E-state index contributed by atoms with van der Waals surface area (Å²) < 4.78 is 5.97. The molecule has 1 unspecified atom stereocenters. The fraction of sp³-hybridized carbons (Fsp3) is 0.458. The zero-order valence-electron chi connectivity index (χ0n) is 17.5. The Morgan fingerprint density at radius 1 is 1.14 bits per heavy atom. The van der Waals surface area contributed by atoms with Crippen LogP contribution in [0, 0.1) is 5.92 Å². The fourth-order valence-electron chi connectivity index (χ4n) is 3.63. The van der Waals surface area contributed by atoms with Crippen molar-refractivity contribution >= 4 is 11.6 Å². The van der Waals surface area contributed by atoms with Crippen LogP contribution in [0.2, 0.25) is 0 Å². The highest BCUT2D eigenvalue weighted by atomic mass is 16.5. The standard InChI is InChI=1S/C24H32N2O2/c1-5-6-15-26-23(27)21-12-7-8-13-22(21)25-24(26,4)19-10-9-11-20(17-19)28-16-14-18(2)3/h7-13,17-18,25H,5-6,14-16H2,1-4H3. The molecule has 0 aromatic heterocycles. The van der Waals surface area contributed by atoms with E-state index < -0.39 is 5.66 Å². The van der Waals surface area contributed by atoms with E-state index in [-0.39, 0.29) is 5.91 Å². The number of nitrogens with zero attached hydrogens (tertiary/aromatic N) is 1. The van der Waals surface area contributed by atoms with Crippen molar-refractivity contribution in [2.24, 2.45) is 5.92 Å². The van der Waals surface area contributed by atoms with Gasteiger partial charge in [-0.3, -0.25) is 4.79 Å². The minimum absolute atomic E-state index is 0.0800. The zero-order valence-corrected chi connectivity index (χ0v) is 17.5. The smallest absolute Gasteiger partial charge is 0.258 e. The van der Waals surface area contributed by atoms with Crippen molar-refractivity contribution in [3.05, 3.63) is 59.7 Å². The molecule has 0 bridgehead atoms. The van der Waals surface area contributed by atoms with Crippen molar-refractivity contribution < 1.29 is 9.53 Å². The number of ether oxygens (including phenoxy) is 1. The lowest BCUT2D eigenvalue weighted by Crippen LogP contribution is -2.56. The summed E-state index contributed by atoms with van der Waals surface area (Å²) in [6, 6.07) is 15.9. The number of nitrogens with one attached hydrogen (secondary N) is 1. The molecule has 0 saturated carbocycles. The second-order valence-electron chi connectivity index (χ2n) is 8.11. The van der Waals surface area contributed by atoms with Gasteiger partial charge in [-0.15, -0.1) is 0 Å². The van der Waals surface area contributed by atoms with Gasteiger partial charge >= 0.3 is 0 Å². The molecule has 1 N–H and O–H groups in total. The van der Waals surface area contributed by atoms with Crippen LogP contribution in [0.4, 0.5) is 5.69 Å². The van der Waals surface area contributed by atoms with Crippen LogP contribution in [-0.2, 0) is 5.66 Å². The molecule has 0 radical (unpaired) electrons. The van der Waals surface area contributed by atoms with Crippen LogP contribution in [0.15, 0.2) is 48.5 Å². The monoisotopic (exact) mass is 380 g/mol. The van der Waals surface area contributed by atoms with E-state index in [0.717, 1.165) is 41.8 Å². The number of rotatable bonds is 8. The molecular formula is C24H32N2O2. The van der Waals surface area contributed by atoms with E-state index in [4.69, 9.17) is 4.74 Å². The third kappa shape index (κ3) is 4.16. The van der Waals surface area contributed by atoms with Gasteiger partial charge < -0.3 is 15.0 Å². The third-order valence-corrected chi connectivity index (χ3v) is 5.42. The molecule has 1 amide bonds. The van der Waals surface area contributed by atoms with Gasteiger partial charge in [0.25, 0.3) is 5.91 Å². The van der Waals surface area contributed by atoms with E-state index in [1.54, 1.807) is 0 Å². The van der Waals surface area contributed by atoms with Gasteiger partial charge in [-0.2, -0.15) is 0 Å². The molecule has 4 nitrogen and oxygen atoms in total. The minimum atomic E-state index is -0.613. The predicted octanol–water partition coefficient (Wildman–Crippen LogP) is 5.65. The number of benzene rings is 2. The average Bonchev–Trinajstić information content (AvgIpc) is 2.68. The summed E-state index contributed by atoms with van der Waals surface area (Å²) in [7, 11) is 0. The number of hydrogen-bond acceptors (Lipinski definition) is 3. The molecule has 1 aliphatic heterocycles. The average molecular weight is 381 g/mol. The molecule has 3 rings (SSSR count). The number of hydrogen-bond donors (Lipinski definition) is 1. The van der Waals surface area contributed by atoms with Gasteiger partial charge in [-0.25, -0.2) is 0 Å². The topological polar surface area (TPSA) is 41.6 Å². The number of fused-ring (bicyclic) bond motifs is 1. The van der Waals surface area contributed by atoms with Crippen LogP contribution < -0.4 is 10.1 Å². The summed E-state index contributed by atoms with van der Waals surface area (Å²) in [4.78, 5) is 15.3. The van der Waals surface area contributed by atoms with Gasteiger partial charge in [0.15, 0.2) is 0 Å². The molecule has 1 aliphatic rings. The van der Waals surface area contributed by atoms with Crippen molar-refractivity contribution in [3.63, 3.8) is 0 Å². The molecule has 2 aromatic carbocycles. The van der Waals surface area contributed by atoms with Gasteiger partial charge in [-0.1, -0.05) is 51.5 Å². The van der Waals surface area contributed by atoms with Crippen molar-refractivity contribution in [3.8, 4) is 5.75 Å². The molecule has 28 heavy (non-hydrogen) atoms. The number of para-hydroxylation sites is 1. The molecule has 0 spiro atoms. The first-order chi connectivity index (χ1) is 13.5. The van der Waals surface area contributed by atoms with E-state index in [2.05, 4.69) is 45.1 Å². The molecule has 4 heteroatoms. The Morgan fingerprint density at radius 3 is 2.68 bits per heavy atom. The van der Waals surface area contributed by atoms with Crippen LogP contribution in [0.1, 0.15) is 62.9 Å². The Bertz CT molecular complexity index is 818. The van der Waals surface area contributed by atoms with Crippen LogP contribution in [0.5, 0.6) is 5.75 Å². The number of carbonyl (C=O) groups excluding carboxylic acids is 1. The largest absolute Gasteiger partial charge is 0.494 e. The quantitative estimate of drug-likeness (QED) is 0.643. The fourth-order valence-corrected chi connectivity index (χ4v) is 3.63. The SMILES string of the molecule is CCCCN1C(=O)c2ccccc2NC1(C)c1cccc(OCCC(C)C)c1. The molecule has 150 valence electrons. The molecule has 0 aliphatic carbocycles. The maximum absolute atomic E-state index is 13.3. The zero-order chi connectivity index (χ0) is 20.1. The summed E-state index contributed by atoms with van der Waals surface area (Å²) in [5, 5.41) is 3.63. The second kappa shape index (κ2) is 8.68. The number of carbonyl (C=O) groups is 1. The highest BCUT2D eigenvalue weighted by Gasteiger charge is 2.42. The summed E-state index contributed by atoms with van der Waals surface area (Å²) >= 11 is 0. The summed E-state index contributed by atoms with van der Waals surface area (Å²) in [6.07, 6.45) is 3.03. The van der Waals surface area contributed by atoms with Crippen molar-refractivity contribution in [1.82, 2.24) is 4.90 Å². The number of amides is 1. The number of anilines is 1. The summed E-state index contributed by atoms with van der Waals surface area (Å²) in [5.74, 6) is 1.54. The maximum Gasteiger partial charge on any atom is 0.258 e. The van der Waals surface area contributed by atoms with Gasteiger partial charge in [0.1, 0.15) is 11.4 Å². The number of unbranched alkanes of at least 4 members (excludes halogenated alkanes) is 1. The molecule has 1 atom stereocenters. The first-order valence-corrected chi connectivity index (χ1v) is 10.4. The van der Waals surface area contributed by atoms with Gasteiger partial charge in [0, 0.05) is 17.8 Å². The molecule has 0 saturated heterocycles. The Labute approximate surface area is 168 Å². The van der Waals surface area contributed by atoms with Gasteiger partial charge in [0.2, 0.25) is 0 Å². The lowest BCUT2D eigenvalue weighted by Gasteiger charge is -2.47. The van der Waals surface area contributed by atoms with Crippen LogP contribution in [-0.4, -0.2) is 24.0 Å². The van der Waals surface area contributed by atoms with E-state index in [1.807, 2.05) is 41.3 Å². The Hall–Kier alpha value is -2.49. The van der Waals surface area contributed by atoms with Gasteiger partial charge in [-0.05, 0) is 49.9 Å². The minimum Gasteiger partial charge on any atom is -0.494 e. The van der Waals surface area contributed by atoms with Crippen LogP contribution in [0.25, 0.3) is 0 Å². The van der Waals surface area contributed by atoms with Crippen molar-refractivity contribution in [2.75, 3.05) is 18.5 Å². The lowest BCUT2D eigenvalue weighted by atomic mass is 9.93. The molecular weight excluding hydrogens is 348 g/mol. The lowest BCUT2D eigenvalue weighted by molar-refractivity contribution is 0.0530. The van der Waals surface area contributed by atoms with E-state index in [0.29, 0.717) is 19.1 Å². The van der Waals surface area contributed by atoms with E-state index >= 15 is 0 Å². The van der Waals surface area contributed by atoms with Crippen LogP contribution >= 0.6 is 0 Å². The summed E-state index contributed by atoms with van der Waals surface area (Å²) in [5.41, 5.74) is 2.04. The van der Waals surface area contributed by atoms with E-state index in [1.165, 1.54) is 0 Å². The second-order valence-corrected chi connectivity index (χ2v) is 8.11. The highest BCUT2D eigenvalue weighted by molar-refractivity contribution is 6.02. The van der Waals surface area contributed by atoms with Crippen molar-refractivity contribution in [2.45, 2.75) is 52.6 Å². The third-order valence-electron chi connectivity index (χ3n) is 5.42. The Balaban J connectivity index is 1.94. The Kier molecular flexibility index (Phi) is 6.28. The van der Waals surface area contributed by atoms with Crippen molar-refractivity contribution in [1.29, 1.82) is 0 Å². The molecule has 1 heterocycles. The normalized spacial score (nSPS) is 18.8. The van der Waals surface area contributed by atoms with E-state index in [9.17, 15) is 4.79 Å². The highest BCUT2D eigenvalue weighted by Crippen LogP contribution is 2.38. The first-order valence-electron chi connectivity index (χ1n) is 10.4. The first kappa shape index (κ1) is 20.2. The molecule has 2 aromatic rings. The van der Waals surface area contributed by atoms with Gasteiger partial charge in [0.05, 0.1) is 12.2 Å². The van der Waals surface area contributed by atoms with Crippen LogP contribution in [0.3, 0.4) is 0 Å².